The topological polar surface area (TPSA) is 148 Å². The SMILES string of the molecule is CON=C(C(=O)NC1C(=O)NC1C(=O)OC)c1nc(Cl)sc1NC(C)=O. The molecule has 3 N–H and O–H groups in total. The van der Waals surface area contributed by atoms with Gasteiger partial charge in [0.1, 0.15) is 23.8 Å². The normalized spacial score (nSPS) is 19.1. The molecule has 0 spiro atoms. The van der Waals surface area contributed by atoms with E-state index in [1.165, 1.54) is 14.0 Å². The molecule has 0 bridgehead atoms. The Morgan fingerprint density at radius 2 is 2.04 bits per heavy atom. The lowest BCUT2D eigenvalue weighted by atomic mass is 9.98. The molecule has 1 fully saturated rings. The van der Waals surface area contributed by atoms with Crippen LogP contribution < -0.4 is 16.0 Å². The van der Waals surface area contributed by atoms with Crippen molar-refractivity contribution in [2.24, 2.45) is 5.16 Å². The quantitative estimate of drug-likeness (QED) is 0.245. The third-order valence-corrected chi connectivity index (χ3v) is 4.24. The minimum Gasteiger partial charge on any atom is -0.467 e. The van der Waals surface area contributed by atoms with Crippen LogP contribution in [-0.2, 0) is 28.8 Å². The van der Waals surface area contributed by atoms with E-state index in [1.807, 2.05) is 0 Å². The number of amides is 3. The van der Waals surface area contributed by atoms with Gasteiger partial charge in [0.05, 0.1) is 7.11 Å². The molecule has 2 unspecified atom stereocenters. The molecule has 1 saturated heterocycles. The van der Waals surface area contributed by atoms with Gasteiger partial charge in [-0.1, -0.05) is 28.1 Å². The molecule has 140 valence electrons. The Labute approximate surface area is 156 Å². The van der Waals surface area contributed by atoms with Gasteiger partial charge in [0.25, 0.3) is 5.91 Å². The number of nitrogens with zero attached hydrogens (tertiary/aromatic N) is 2. The number of ether oxygens (including phenoxy) is 1. The summed E-state index contributed by atoms with van der Waals surface area (Å²) in [5.74, 6) is -2.54. The molecular weight excluding hydrogens is 390 g/mol. The van der Waals surface area contributed by atoms with Gasteiger partial charge in [-0.2, -0.15) is 0 Å². The highest BCUT2D eigenvalue weighted by Gasteiger charge is 2.46. The van der Waals surface area contributed by atoms with E-state index >= 15 is 0 Å². The number of rotatable bonds is 6. The van der Waals surface area contributed by atoms with Gasteiger partial charge in [-0.15, -0.1) is 0 Å². The minimum atomic E-state index is -1.14. The number of methoxy groups -OCH3 is 1. The molecule has 26 heavy (non-hydrogen) atoms. The Hall–Kier alpha value is -2.73. The molecule has 0 saturated carbocycles. The summed E-state index contributed by atoms with van der Waals surface area (Å²) in [5, 5.41) is 10.9. The zero-order valence-corrected chi connectivity index (χ0v) is 15.4. The van der Waals surface area contributed by atoms with Crippen LogP contribution in [0.2, 0.25) is 4.47 Å². The monoisotopic (exact) mass is 403 g/mol. The summed E-state index contributed by atoms with van der Waals surface area (Å²) in [6.07, 6.45) is 0. The number of hydrogen-bond donors (Lipinski definition) is 3. The molecule has 1 aromatic rings. The molecule has 2 rings (SSSR count). The second-order valence-corrected chi connectivity index (χ2v) is 6.49. The van der Waals surface area contributed by atoms with Crippen LogP contribution in [-0.4, -0.2) is 60.7 Å². The first kappa shape index (κ1) is 19.6. The van der Waals surface area contributed by atoms with Crippen molar-refractivity contribution in [2.75, 3.05) is 19.5 Å². The van der Waals surface area contributed by atoms with E-state index in [4.69, 9.17) is 11.6 Å². The molecule has 2 heterocycles. The van der Waals surface area contributed by atoms with E-state index in [2.05, 4.69) is 35.7 Å². The van der Waals surface area contributed by atoms with Gasteiger partial charge in [-0.05, 0) is 0 Å². The molecule has 11 nitrogen and oxygen atoms in total. The number of nitrogens with one attached hydrogen (secondary N) is 3. The molecule has 0 aliphatic carbocycles. The lowest BCUT2D eigenvalue weighted by molar-refractivity contribution is -0.153. The molecule has 0 aromatic carbocycles. The highest BCUT2D eigenvalue weighted by atomic mass is 35.5. The van der Waals surface area contributed by atoms with Crippen molar-refractivity contribution in [1.29, 1.82) is 0 Å². The first-order chi connectivity index (χ1) is 12.3. The first-order valence-electron chi connectivity index (χ1n) is 7.03. The second kappa shape index (κ2) is 8.10. The van der Waals surface area contributed by atoms with Crippen LogP contribution in [0, 0.1) is 0 Å². The summed E-state index contributed by atoms with van der Waals surface area (Å²) in [6.45, 7) is 1.27. The standard InChI is InChI=1S/C13H14ClN5O6S/c1-4(20)15-11-7(18-13(14)26-11)6(19-25-3)10(22)16-5-8(12(23)24-2)17-9(5)21/h5,8H,1-3H3,(H,15,20)(H,16,22)(H,17,21). The van der Waals surface area contributed by atoms with Crippen molar-refractivity contribution in [3.8, 4) is 0 Å². The van der Waals surface area contributed by atoms with Crippen LogP contribution in [0.3, 0.4) is 0 Å². The number of β-lactam (4-membered cyclic amide) rings is 1. The third kappa shape index (κ3) is 4.08. The number of thiazole rings is 1. The number of halogens is 1. The van der Waals surface area contributed by atoms with Crippen LogP contribution in [0.1, 0.15) is 12.6 Å². The van der Waals surface area contributed by atoms with Gasteiger partial charge in [0, 0.05) is 6.92 Å². The fraction of sp³-hybridized carbons (Fsp3) is 0.385. The summed E-state index contributed by atoms with van der Waals surface area (Å²) in [6, 6.07) is -2.16. The molecule has 1 aliphatic heterocycles. The average Bonchev–Trinajstić information content (AvgIpc) is 2.93. The second-order valence-electron chi connectivity index (χ2n) is 4.91. The number of carbonyl (C=O) groups excluding carboxylic acids is 4. The molecular formula is C13H14ClN5O6S. The predicted octanol–water partition coefficient (Wildman–Crippen LogP) is -0.738. The van der Waals surface area contributed by atoms with E-state index < -0.39 is 35.8 Å². The number of carbonyl (C=O) groups is 4. The molecule has 1 aromatic heterocycles. The smallest absolute Gasteiger partial charge is 0.331 e. The molecule has 13 heteroatoms. The molecule has 2 atom stereocenters. The van der Waals surface area contributed by atoms with Crippen LogP contribution in [0.15, 0.2) is 5.16 Å². The summed E-state index contributed by atoms with van der Waals surface area (Å²) in [5.41, 5.74) is -0.369. The molecule has 1 aliphatic rings. The zero-order valence-electron chi connectivity index (χ0n) is 13.8. The number of esters is 1. The number of aromatic nitrogens is 1. The highest BCUT2D eigenvalue weighted by Crippen LogP contribution is 2.29. The highest BCUT2D eigenvalue weighted by molar-refractivity contribution is 7.20. The Morgan fingerprint density at radius 3 is 2.58 bits per heavy atom. The predicted molar refractivity (Wildman–Crippen MR) is 90.9 cm³/mol. The van der Waals surface area contributed by atoms with Crippen LogP contribution >= 0.6 is 22.9 Å². The molecule has 0 radical (unpaired) electrons. The third-order valence-electron chi connectivity index (χ3n) is 3.17. The van der Waals surface area contributed by atoms with Crippen LogP contribution in [0.5, 0.6) is 0 Å². The van der Waals surface area contributed by atoms with Crippen molar-refractivity contribution in [3.63, 3.8) is 0 Å². The summed E-state index contributed by atoms with van der Waals surface area (Å²) in [7, 11) is 2.35. The Morgan fingerprint density at radius 1 is 1.35 bits per heavy atom. The maximum atomic E-state index is 12.5. The number of oxime groups is 1. The van der Waals surface area contributed by atoms with Crippen molar-refractivity contribution in [2.45, 2.75) is 19.0 Å². The minimum absolute atomic E-state index is 0.0381. The van der Waals surface area contributed by atoms with Gasteiger partial charge in [0.2, 0.25) is 11.8 Å². The van der Waals surface area contributed by atoms with E-state index in [-0.39, 0.29) is 20.9 Å². The Kier molecular flexibility index (Phi) is 6.10. The van der Waals surface area contributed by atoms with Gasteiger partial charge >= 0.3 is 5.97 Å². The fourth-order valence-corrected chi connectivity index (χ4v) is 3.10. The average molecular weight is 404 g/mol. The lowest BCUT2D eigenvalue weighted by Crippen LogP contribution is -2.72. The Bertz CT molecular complexity index is 794. The summed E-state index contributed by atoms with van der Waals surface area (Å²) in [4.78, 5) is 55.6. The van der Waals surface area contributed by atoms with E-state index in [9.17, 15) is 19.2 Å². The van der Waals surface area contributed by atoms with Crippen molar-refractivity contribution in [3.05, 3.63) is 10.2 Å². The maximum Gasteiger partial charge on any atom is 0.331 e. The van der Waals surface area contributed by atoms with Crippen molar-refractivity contribution in [1.82, 2.24) is 15.6 Å². The number of hydrogen-bond acceptors (Lipinski definition) is 9. The van der Waals surface area contributed by atoms with Gasteiger partial charge in [0.15, 0.2) is 16.2 Å². The van der Waals surface area contributed by atoms with E-state index in [0.29, 0.717) is 0 Å². The van der Waals surface area contributed by atoms with Crippen molar-refractivity contribution < 1.29 is 28.8 Å². The van der Waals surface area contributed by atoms with Crippen molar-refractivity contribution >= 4 is 57.3 Å². The summed E-state index contributed by atoms with van der Waals surface area (Å²) < 4.78 is 4.59. The number of anilines is 1. The molecule has 3 amide bonds. The summed E-state index contributed by atoms with van der Waals surface area (Å²) >= 11 is 6.77. The Balaban J connectivity index is 2.27. The maximum absolute atomic E-state index is 12.5. The van der Waals surface area contributed by atoms with Gasteiger partial charge in [-0.3, -0.25) is 14.4 Å². The first-order valence-corrected chi connectivity index (χ1v) is 8.22. The van der Waals surface area contributed by atoms with E-state index in [1.54, 1.807) is 0 Å². The van der Waals surface area contributed by atoms with Crippen LogP contribution in [0.25, 0.3) is 0 Å². The lowest BCUT2D eigenvalue weighted by Gasteiger charge is -2.34. The van der Waals surface area contributed by atoms with Crippen LogP contribution in [0.4, 0.5) is 5.00 Å². The largest absolute Gasteiger partial charge is 0.467 e. The zero-order chi connectivity index (χ0) is 19.4. The van der Waals surface area contributed by atoms with Gasteiger partial charge < -0.3 is 25.5 Å². The van der Waals surface area contributed by atoms with E-state index in [0.717, 1.165) is 18.4 Å². The fourth-order valence-electron chi connectivity index (χ4n) is 2.04. The van der Waals surface area contributed by atoms with Gasteiger partial charge in [-0.25, -0.2) is 9.78 Å².